The van der Waals surface area contributed by atoms with Crippen molar-refractivity contribution in [2.24, 2.45) is 0 Å². The van der Waals surface area contributed by atoms with E-state index in [0.717, 1.165) is 23.8 Å². The Bertz CT molecular complexity index is 668. The normalized spacial score (nSPS) is 10.5. The molecule has 0 fully saturated rings. The summed E-state index contributed by atoms with van der Waals surface area (Å²) in [5.74, 6) is -0.721. The number of benzene rings is 1. The van der Waals surface area contributed by atoms with Crippen LogP contribution in [0.25, 0.3) is 0 Å². The molecule has 0 saturated heterocycles. The van der Waals surface area contributed by atoms with Crippen LogP contribution in [0, 0.1) is 11.6 Å². The van der Waals surface area contributed by atoms with Gasteiger partial charge in [-0.1, -0.05) is 0 Å². The zero-order valence-corrected chi connectivity index (χ0v) is 12.4. The predicted octanol–water partition coefficient (Wildman–Crippen LogP) is 2.84. The van der Waals surface area contributed by atoms with Crippen molar-refractivity contribution in [1.82, 2.24) is 4.98 Å². The molecule has 2 rings (SSSR count). The lowest BCUT2D eigenvalue weighted by Crippen LogP contribution is -2.15. The summed E-state index contributed by atoms with van der Waals surface area (Å²) in [4.78, 5) is 15.9. The number of rotatable bonds is 6. The second-order valence-corrected chi connectivity index (χ2v) is 5.51. The molecule has 0 atom stereocenters. The van der Waals surface area contributed by atoms with Crippen LogP contribution in [0.1, 0.15) is 15.9 Å². The first kappa shape index (κ1) is 16.4. The Labute approximate surface area is 130 Å². The molecule has 0 aliphatic carbocycles. The minimum atomic E-state index is -0.798. The number of carbonyl (C=O) groups is 1. The summed E-state index contributed by atoms with van der Waals surface area (Å²) in [6.45, 7) is 0.0954. The summed E-state index contributed by atoms with van der Waals surface area (Å²) in [6, 6.07) is 6.12. The van der Waals surface area contributed by atoms with E-state index in [9.17, 15) is 13.6 Å². The highest BCUT2D eigenvalue weighted by Crippen LogP contribution is 2.16. The highest BCUT2D eigenvalue weighted by molar-refractivity contribution is 7.98. The largest absolute Gasteiger partial charge is 0.396 e. The van der Waals surface area contributed by atoms with E-state index in [4.69, 9.17) is 5.11 Å². The van der Waals surface area contributed by atoms with E-state index >= 15 is 0 Å². The molecule has 2 N–H and O–H groups in total. The van der Waals surface area contributed by atoms with Crippen LogP contribution in [0.15, 0.2) is 36.5 Å². The minimum Gasteiger partial charge on any atom is -0.396 e. The van der Waals surface area contributed by atoms with Crippen LogP contribution in [0.5, 0.6) is 0 Å². The molecular formula is C15H14F2N2O2S. The number of nitrogens with one attached hydrogen (secondary N) is 1. The molecule has 7 heteroatoms. The van der Waals surface area contributed by atoms with Gasteiger partial charge in [0.15, 0.2) is 0 Å². The monoisotopic (exact) mass is 324 g/mol. The van der Waals surface area contributed by atoms with Gasteiger partial charge in [0.25, 0.3) is 5.91 Å². The molecule has 0 unspecified atom stereocenters. The van der Waals surface area contributed by atoms with E-state index in [0.29, 0.717) is 11.5 Å². The molecule has 116 valence electrons. The molecule has 1 amide bonds. The number of aromatic nitrogens is 1. The van der Waals surface area contributed by atoms with E-state index in [1.165, 1.54) is 18.0 Å². The summed E-state index contributed by atoms with van der Waals surface area (Å²) in [7, 11) is 0. The van der Waals surface area contributed by atoms with Gasteiger partial charge in [-0.05, 0) is 35.9 Å². The Kier molecular flexibility index (Phi) is 5.85. The van der Waals surface area contributed by atoms with E-state index in [-0.39, 0.29) is 18.0 Å². The van der Waals surface area contributed by atoms with Gasteiger partial charge in [-0.2, -0.15) is 11.8 Å². The van der Waals surface area contributed by atoms with Crippen LogP contribution in [0.3, 0.4) is 0 Å². The minimum absolute atomic E-state index is 0.0954. The van der Waals surface area contributed by atoms with Crippen molar-refractivity contribution >= 4 is 23.5 Å². The average Bonchev–Trinajstić information content (AvgIpc) is 2.50. The van der Waals surface area contributed by atoms with Gasteiger partial charge in [0.1, 0.15) is 17.5 Å². The standard InChI is InChI=1S/C15H14F2N2O2S/c16-11-1-2-13(17)12(8-11)15(21)19-14-7-10(3-4-18-14)9-22-6-5-20/h1-4,7-8,20H,5-6,9H2,(H,18,19,21). The van der Waals surface area contributed by atoms with Crippen molar-refractivity contribution in [3.63, 3.8) is 0 Å². The molecular weight excluding hydrogens is 310 g/mol. The third-order valence-corrected chi connectivity index (χ3v) is 3.75. The summed E-state index contributed by atoms with van der Waals surface area (Å²) in [6.07, 6.45) is 1.52. The highest BCUT2D eigenvalue weighted by atomic mass is 32.2. The van der Waals surface area contributed by atoms with Crippen LogP contribution in [0.4, 0.5) is 14.6 Å². The Balaban J connectivity index is 2.08. The second kappa shape index (κ2) is 7.86. The smallest absolute Gasteiger partial charge is 0.259 e. The summed E-state index contributed by atoms with van der Waals surface area (Å²) in [5.41, 5.74) is 0.533. The molecule has 22 heavy (non-hydrogen) atoms. The Morgan fingerprint density at radius 1 is 1.27 bits per heavy atom. The lowest BCUT2D eigenvalue weighted by molar-refractivity contribution is 0.102. The van der Waals surface area contributed by atoms with Crippen LogP contribution in [-0.2, 0) is 5.75 Å². The maximum absolute atomic E-state index is 13.5. The number of nitrogens with zero attached hydrogens (tertiary/aromatic N) is 1. The van der Waals surface area contributed by atoms with E-state index in [1.807, 2.05) is 0 Å². The van der Waals surface area contributed by atoms with E-state index < -0.39 is 17.5 Å². The third kappa shape index (κ3) is 4.51. The maximum Gasteiger partial charge on any atom is 0.259 e. The average molecular weight is 324 g/mol. The predicted molar refractivity (Wildman–Crippen MR) is 81.8 cm³/mol. The van der Waals surface area contributed by atoms with Crippen molar-refractivity contribution in [3.05, 3.63) is 59.3 Å². The molecule has 0 bridgehead atoms. The Hall–Kier alpha value is -1.99. The first-order valence-corrected chi connectivity index (χ1v) is 7.65. The van der Waals surface area contributed by atoms with Crippen molar-refractivity contribution in [3.8, 4) is 0 Å². The molecule has 0 radical (unpaired) electrons. The van der Waals surface area contributed by atoms with Gasteiger partial charge in [0.05, 0.1) is 12.2 Å². The number of hydrogen-bond acceptors (Lipinski definition) is 4. The molecule has 0 aliphatic rings. The quantitative estimate of drug-likeness (QED) is 0.802. The molecule has 0 saturated carbocycles. The zero-order chi connectivity index (χ0) is 15.9. The number of anilines is 1. The van der Waals surface area contributed by atoms with Gasteiger partial charge in [-0.3, -0.25) is 4.79 Å². The fourth-order valence-corrected chi connectivity index (χ4v) is 2.43. The topological polar surface area (TPSA) is 62.2 Å². The number of aliphatic hydroxyl groups is 1. The second-order valence-electron chi connectivity index (χ2n) is 4.40. The van der Waals surface area contributed by atoms with Crippen LogP contribution >= 0.6 is 11.8 Å². The molecule has 2 aromatic rings. The highest BCUT2D eigenvalue weighted by Gasteiger charge is 2.13. The molecule has 0 spiro atoms. The van der Waals surface area contributed by atoms with Gasteiger partial charge in [-0.25, -0.2) is 13.8 Å². The van der Waals surface area contributed by atoms with Gasteiger partial charge < -0.3 is 10.4 Å². The van der Waals surface area contributed by atoms with Crippen molar-refractivity contribution in [1.29, 1.82) is 0 Å². The zero-order valence-electron chi connectivity index (χ0n) is 11.6. The number of carbonyl (C=O) groups excluding carboxylic acids is 1. The summed E-state index contributed by atoms with van der Waals surface area (Å²) >= 11 is 1.53. The SMILES string of the molecule is O=C(Nc1cc(CSCCO)ccn1)c1cc(F)ccc1F. The fraction of sp³-hybridized carbons (Fsp3) is 0.200. The van der Waals surface area contributed by atoms with Gasteiger partial charge in [-0.15, -0.1) is 0 Å². The maximum atomic E-state index is 13.5. The molecule has 1 heterocycles. The fourth-order valence-electron chi connectivity index (χ4n) is 1.74. The molecule has 1 aromatic carbocycles. The first-order chi connectivity index (χ1) is 10.6. The lowest BCUT2D eigenvalue weighted by atomic mass is 10.2. The Morgan fingerprint density at radius 3 is 2.86 bits per heavy atom. The van der Waals surface area contributed by atoms with E-state index in [2.05, 4.69) is 10.3 Å². The van der Waals surface area contributed by atoms with Crippen molar-refractivity contribution < 1.29 is 18.7 Å². The summed E-state index contributed by atoms with van der Waals surface area (Å²) in [5, 5.41) is 11.2. The number of hydrogen-bond donors (Lipinski definition) is 2. The first-order valence-electron chi connectivity index (χ1n) is 6.50. The van der Waals surface area contributed by atoms with Crippen LogP contribution in [-0.4, -0.2) is 28.4 Å². The Morgan fingerprint density at radius 2 is 2.09 bits per heavy atom. The lowest BCUT2D eigenvalue weighted by Gasteiger charge is -2.07. The molecule has 4 nitrogen and oxygen atoms in total. The van der Waals surface area contributed by atoms with Gasteiger partial charge in [0, 0.05) is 17.7 Å². The van der Waals surface area contributed by atoms with Crippen molar-refractivity contribution in [2.75, 3.05) is 17.7 Å². The molecule has 0 aliphatic heterocycles. The van der Waals surface area contributed by atoms with Gasteiger partial charge in [0.2, 0.25) is 0 Å². The van der Waals surface area contributed by atoms with Gasteiger partial charge >= 0.3 is 0 Å². The number of aliphatic hydroxyl groups excluding tert-OH is 1. The summed E-state index contributed by atoms with van der Waals surface area (Å²) < 4.78 is 26.6. The van der Waals surface area contributed by atoms with Crippen LogP contribution in [0.2, 0.25) is 0 Å². The number of amides is 1. The van der Waals surface area contributed by atoms with Crippen molar-refractivity contribution in [2.45, 2.75) is 5.75 Å². The number of thioether (sulfide) groups is 1. The number of pyridine rings is 1. The van der Waals surface area contributed by atoms with Crippen LogP contribution < -0.4 is 5.32 Å². The van der Waals surface area contributed by atoms with E-state index in [1.54, 1.807) is 12.1 Å². The molecule has 1 aromatic heterocycles. The number of halogens is 2. The third-order valence-electron chi connectivity index (χ3n) is 2.74.